The third kappa shape index (κ3) is 3.17. The van der Waals surface area contributed by atoms with Gasteiger partial charge < -0.3 is 0 Å². The molecule has 3 heteroatoms. The highest BCUT2D eigenvalue weighted by atomic mass is 35.5. The van der Waals surface area contributed by atoms with Crippen LogP contribution < -0.4 is 0 Å². The second kappa shape index (κ2) is 6.37. The molecule has 1 aromatic rings. The van der Waals surface area contributed by atoms with Crippen LogP contribution in [-0.2, 0) is 15.0 Å². The molecule has 1 saturated carbocycles. The summed E-state index contributed by atoms with van der Waals surface area (Å²) in [5.74, 6) is 0.356. The molecule has 0 amide bonds. The summed E-state index contributed by atoms with van der Waals surface area (Å²) in [4.78, 5) is 25.0. The van der Waals surface area contributed by atoms with E-state index in [1.807, 2.05) is 30.3 Å². The Balaban J connectivity index is 1.76. The number of halogens is 1. The number of allylic oxidation sites excluding steroid dienone is 2. The van der Waals surface area contributed by atoms with Gasteiger partial charge >= 0.3 is 0 Å². The molecule has 0 bridgehead atoms. The molecule has 2 nitrogen and oxygen atoms in total. The fourth-order valence-electron chi connectivity index (χ4n) is 3.29. The maximum atomic E-state index is 12.8. The number of rotatable bonds is 4. The van der Waals surface area contributed by atoms with E-state index in [0.29, 0.717) is 17.9 Å². The lowest BCUT2D eigenvalue weighted by atomic mass is 9.86. The van der Waals surface area contributed by atoms with Crippen LogP contribution in [0.2, 0.25) is 5.02 Å². The van der Waals surface area contributed by atoms with Gasteiger partial charge in [0.1, 0.15) is 5.78 Å². The molecule has 0 heterocycles. The molecule has 22 heavy (non-hydrogen) atoms. The van der Waals surface area contributed by atoms with Gasteiger partial charge in [-0.3, -0.25) is 9.59 Å². The molecule has 0 aliphatic heterocycles. The number of ketones is 2. The highest BCUT2D eigenvalue weighted by Gasteiger charge is 2.50. The fraction of sp³-hybridized carbons (Fsp3) is 0.474. The third-order valence-electron chi connectivity index (χ3n) is 4.89. The van der Waals surface area contributed by atoms with Crippen molar-refractivity contribution in [2.45, 2.75) is 56.8 Å². The largest absolute Gasteiger partial charge is 0.298 e. The Morgan fingerprint density at radius 1 is 1.09 bits per heavy atom. The zero-order valence-corrected chi connectivity index (χ0v) is 13.5. The lowest BCUT2D eigenvalue weighted by Gasteiger charge is -2.16. The SMILES string of the molecule is O=C1CCCCC/C=C/1CC(=O)C1(c2ccc(Cl)cc2)CC1. The van der Waals surface area contributed by atoms with Gasteiger partial charge in [-0.25, -0.2) is 0 Å². The summed E-state index contributed by atoms with van der Waals surface area (Å²) in [6, 6.07) is 7.57. The topological polar surface area (TPSA) is 34.1 Å². The Morgan fingerprint density at radius 2 is 1.82 bits per heavy atom. The Morgan fingerprint density at radius 3 is 2.50 bits per heavy atom. The summed E-state index contributed by atoms with van der Waals surface area (Å²) in [6.45, 7) is 0. The van der Waals surface area contributed by atoms with E-state index < -0.39 is 0 Å². The highest BCUT2D eigenvalue weighted by Crippen LogP contribution is 2.50. The molecule has 0 radical (unpaired) electrons. The Kier molecular flexibility index (Phi) is 4.49. The van der Waals surface area contributed by atoms with Crippen LogP contribution in [0.3, 0.4) is 0 Å². The van der Waals surface area contributed by atoms with E-state index in [9.17, 15) is 9.59 Å². The monoisotopic (exact) mass is 316 g/mol. The van der Waals surface area contributed by atoms with Crippen molar-refractivity contribution < 1.29 is 9.59 Å². The fourth-order valence-corrected chi connectivity index (χ4v) is 3.42. The highest BCUT2D eigenvalue weighted by molar-refractivity contribution is 6.30. The molecule has 0 spiro atoms. The minimum absolute atomic E-state index is 0.167. The maximum Gasteiger partial charge on any atom is 0.158 e. The van der Waals surface area contributed by atoms with E-state index in [4.69, 9.17) is 11.6 Å². The van der Waals surface area contributed by atoms with Crippen molar-refractivity contribution in [3.63, 3.8) is 0 Å². The second-order valence-electron chi connectivity index (χ2n) is 6.44. The summed E-state index contributed by atoms with van der Waals surface area (Å²) >= 11 is 5.93. The molecule has 0 atom stereocenters. The molecule has 1 fully saturated rings. The van der Waals surface area contributed by atoms with Crippen LogP contribution in [0.25, 0.3) is 0 Å². The maximum absolute atomic E-state index is 12.8. The summed E-state index contributed by atoms with van der Waals surface area (Å²) in [6.07, 6.45) is 8.75. The molecule has 2 aliphatic carbocycles. The van der Waals surface area contributed by atoms with Crippen molar-refractivity contribution in [2.24, 2.45) is 0 Å². The molecule has 3 rings (SSSR count). The van der Waals surface area contributed by atoms with Gasteiger partial charge in [-0.15, -0.1) is 0 Å². The van der Waals surface area contributed by atoms with Gasteiger partial charge in [0.05, 0.1) is 5.41 Å². The first-order chi connectivity index (χ1) is 10.6. The summed E-state index contributed by atoms with van der Waals surface area (Å²) in [5, 5.41) is 0.685. The van der Waals surface area contributed by atoms with Crippen molar-refractivity contribution in [3.8, 4) is 0 Å². The molecule has 0 unspecified atom stereocenters. The molecule has 0 saturated heterocycles. The lowest BCUT2D eigenvalue weighted by Crippen LogP contribution is -2.22. The van der Waals surface area contributed by atoms with Gasteiger partial charge in [0.15, 0.2) is 5.78 Å². The number of Topliss-reactive ketones (excluding diaryl/α,β-unsaturated/α-hetero) is 2. The van der Waals surface area contributed by atoms with Crippen molar-refractivity contribution in [2.75, 3.05) is 0 Å². The molecule has 0 N–H and O–H groups in total. The normalized spacial score (nSPS) is 23.1. The molecular weight excluding hydrogens is 296 g/mol. The third-order valence-corrected chi connectivity index (χ3v) is 5.14. The average Bonchev–Trinajstić information content (AvgIpc) is 3.29. The first-order valence-corrected chi connectivity index (χ1v) is 8.51. The second-order valence-corrected chi connectivity index (χ2v) is 6.88. The van der Waals surface area contributed by atoms with Crippen LogP contribution in [0.4, 0.5) is 0 Å². The van der Waals surface area contributed by atoms with Crippen LogP contribution in [0.1, 0.15) is 56.9 Å². The smallest absolute Gasteiger partial charge is 0.158 e. The minimum Gasteiger partial charge on any atom is -0.298 e. The molecule has 1 aromatic carbocycles. The zero-order chi connectivity index (χ0) is 15.6. The zero-order valence-electron chi connectivity index (χ0n) is 12.7. The van der Waals surface area contributed by atoms with Crippen LogP contribution >= 0.6 is 11.6 Å². The summed E-state index contributed by atoms with van der Waals surface area (Å²) in [5.41, 5.74) is 1.42. The van der Waals surface area contributed by atoms with E-state index >= 15 is 0 Å². The van der Waals surface area contributed by atoms with Crippen LogP contribution in [0.15, 0.2) is 35.9 Å². The predicted octanol–water partition coefficient (Wildman–Crippen LogP) is 4.79. The Bertz CT molecular complexity index is 609. The van der Waals surface area contributed by atoms with E-state index in [1.165, 1.54) is 0 Å². The molecular formula is C19H21ClO2. The first kappa shape index (κ1) is 15.5. The first-order valence-electron chi connectivity index (χ1n) is 8.13. The number of carbonyl (C=O) groups excluding carboxylic acids is 2. The Hall–Kier alpha value is -1.41. The Labute approximate surface area is 136 Å². The summed E-state index contributed by atoms with van der Waals surface area (Å²) < 4.78 is 0. The van der Waals surface area contributed by atoms with Crippen molar-refractivity contribution in [1.82, 2.24) is 0 Å². The van der Waals surface area contributed by atoms with Crippen LogP contribution in [0, 0.1) is 0 Å². The number of hydrogen-bond acceptors (Lipinski definition) is 2. The number of hydrogen-bond donors (Lipinski definition) is 0. The predicted molar refractivity (Wildman–Crippen MR) is 88.2 cm³/mol. The van der Waals surface area contributed by atoms with Gasteiger partial charge in [0.2, 0.25) is 0 Å². The van der Waals surface area contributed by atoms with E-state index in [0.717, 1.165) is 49.7 Å². The number of carbonyl (C=O) groups is 2. The van der Waals surface area contributed by atoms with Crippen molar-refractivity contribution in [1.29, 1.82) is 0 Å². The van der Waals surface area contributed by atoms with Gasteiger partial charge in [0.25, 0.3) is 0 Å². The standard InChI is InChI=1S/C19H21ClO2/c20-16-9-7-15(8-10-16)19(11-12-19)18(22)13-14-5-3-1-2-4-6-17(14)21/h5,7-10H,1-4,6,11-13H2/b14-5+. The van der Waals surface area contributed by atoms with Crippen LogP contribution in [-0.4, -0.2) is 11.6 Å². The molecule has 0 aromatic heterocycles. The molecule has 116 valence electrons. The average molecular weight is 317 g/mol. The number of benzene rings is 1. The quantitative estimate of drug-likeness (QED) is 0.800. The van der Waals surface area contributed by atoms with Gasteiger partial charge in [-0.05, 0) is 55.4 Å². The van der Waals surface area contributed by atoms with Crippen LogP contribution in [0.5, 0.6) is 0 Å². The van der Waals surface area contributed by atoms with Crippen molar-refractivity contribution in [3.05, 3.63) is 46.5 Å². The lowest BCUT2D eigenvalue weighted by molar-refractivity contribution is -0.123. The van der Waals surface area contributed by atoms with Gasteiger partial charge in [0, 0.05) is 17.9 Å². The molecule has 2 aliphatic rings. The van der Waals surface area contributed by atoms with Crippen molar-refractivity contribution >= 4 is 23.2 Å². The minimum atomic E-state index is -0.367. The van der Waals surface area contributed by atoms with E-state index in [-0.39, 0.29) is 17.0 Å². The summed E-state index contributed by atoms with van der Waals surface area (Å²) in [7, 11) is 0. The van der Waals surface area contributed by atoms with Gasteiger partial charge in [-0.1, -0.05) is 36.2 Å². The van der Waals surface area contributed by atoms with Gasteiger partial charge in [-0.2, -0.15) is 0 Å². The van der Waals surface area contributed by atoms with E-state index in [2.05, 4.69) is 0 Å². The van der Waals surface area contributed by atoms with E-state index in [1.54, 1.807) is 0 Å².